The molecule has 1 amide bonds. The largest absolute Gasteiger partial charge is 0.357 e. The van der Waals surface area contributed by atoms with Gasteiger partial charge in [0.1, 0.15) is 5.72 Å². The van der Waals surface area contributed by atoms with Crippen molar-refractivity contribution in [2.24, 2.45) is 52.3 Å². The normalized spacial score (nSPS) is 59.1. The van der Waals surface area contributed by atoms with Gasteiger partial charge in [-0.3, -0.25) is 10.1 Å². The Bertz CT molecular complexity index is 748. The molecule has 0 aromatic rings. The molecule has 6 rings (SSSR count). The van der Waals surface area contributed by atoms with Crippen LogP contribution in [0.25, 0.3) is 0 Å². The predicted molar refractivity (Wildman–Crippen MR) is 127 cm³/mol. The van der Waals surface area contributed by atoms with Gasteiger partial charge in [-0.1, -0.05) is 27.7 Å². The first-order chi connectivity index (χ1) is 15.3. The molecule has 12 atom stereocenters. The van der Waals surface area contributed by atoms with E-state index >= 15 is 0 Å². The van der Waals surface area contributed by atoms with Crippen LogP contribution in [0.4, 0.5) is 0 Å². The summed E-state index contributed by atoms with van der Waals surface area (Å²) in [6.07, 6.45) is 14.5. The third-order valence-corrected chi connectivity index (χ3v) is 12.4. The van der Waals surface area contributed by atoms with Gasteiger partial charge in [0.25, 0.3) is 0 Å². The molecular weight excluding hydrogens is 396 g/mol. The second-order valence-corrected chi connectivity index (χ2v) is 13.6. The molecule has 2 aliphatic heterocycles. The van der Waals surface area contributed by atoms with Crippen molar-refractivity contribution in [1.29, 1.82) is 0 Å². The van der Waals surface area contributed by atoms with Gasteiger partial charge in [-0.25, -0.2) is 0 Å². The highest BCUT2D eigenvalue weighted by Crippen LogP contribution is 2.71. The van der Waals surface area contributed by atoms with E-state index < -0.39 is 0 Å². The lowest BCUT2D eigenvalue weighted by molar-refractivity contribution is -0.134. The Balaban J connectivity index is 1.22. The van der Waals surface area contributed by atoms with Gasteiger partial charge in [0.15, 0.2) is 0 Å². The summed E-state index contributed by atoms with van der Waals surface area (Å²) < 4.78 is 7.03. The predicted octanol–water partition coefficient (Wildman–Crippen LogP) is 5.12. The number of rotatable bonds is 2. The van der Waals surface area contributed by atoms with Crippen molar-refractivity contribution in [3.63, 3.8) is 0 Å². The average Bonchev–Trinajstić information content (AvgIpc) is 3.21. The minimum atomic E-state index is -0.0414. The standard InChI is InChI=1S/C28H46N2O2/c1-17-7-12-28(30-15-17)18(2)25-24(32-28)14-23-21-6-5-19-13-20(29-16-31)8-10-26(19,3)22(21)9-11-27(23,25)4/h16-25,30H,5-15H2,1-4H3,(H,29,31)/t17-,18-,19-,20-,21+,22-,23-,24-,25-,26-,27-,28-/m0/s1. The molecule has 180 valence electrons. The molecule has 0 aromatic carbocycles. The summed E-state index contributed by atoms with van der Waals surface area (Å²) >= 11 is 0. The Morgan fingerprint density at radius 2 is 1.75 bits per heavy atom. The van der Waals surface area contributed by atoms with Crippen molar-refractivity contribution in [1.82, 2.24) is 10.6 Å². The van der Waals surface area contributed by atoms with E-state index in [0.29, 0.717) is 28.9 Å². The summed E-state index contributed by atoms with van der Waals surface area (Å²) in [5, 5.41) is 7.01. The maximum Gasteiger partial charge on any atom is 0.207 e. The monoisotopic (exact) mass is 442 g/mol. The number of ether oxygens (including phenoxy) is 1. The zero-order chi connectivity index (χ0) is 22.3. The van der Waals surface area contributed by atoms with Crippen molar-refractivity contribution < 1.29 is 9.53 Å². The van der Waals surface area contributed by atoms with Gasteiger partial charge in [0, 0.05) is 18.5 Å². The van der Waals surface area contributed by atoms with Gasteiger partial charge in [0.05, 0.1) is 6.10 Å². The fourth-order valence-electron chi connectivity index (χ4n) is 10.7. The van der Waals surface area contributed by atoms with Crippen LogP contribution in [0.15, 0.2) is 0 Å². The van der Waals surface area contributed by atoms with E-state index in [4.69, 9.17) is 4.74 Å². The maximum atomic E-state index is 11.0. The molecule has 2 saturated heterocycles. The van der Waals surface area contributed by atoms with Crippen LogP contribution in [-0.4, -0.2) is 30.8 Å². The molecule has 0 radical (unpaired) electrons. The molecule has 6 fully saturated rings. The number of fused-ring (bicyclic) bond motifs is 7. The van der Waals surface area contributed by atoms with Gasteiger partial charge in [-0.15, -0.1) is 0 Å². The Kier molecular flexibility index (Phi) is 5.09. The first-order valence-electron chi connectivity index (χ1n) is 13.9. The summed E-state index contributed by atoms with van der Waals surface area (Å²) in [6.45, 7) is 11.3. The van der Waals surface area contributed by atoms with E-state index in [9.17, 15) is 4.79 Å². The lowest BCUT2D eigenvalue weighted by atomic mass is 9.44. The van der Waals surface area contributed by atoms with Crippen molar-refractivity contribution in [2.45, 2.75) is 110 Å². The highest BCUT2D eigenvalue weighted by molar-refractivity contribution is 5.46. The second kappa shape index (κ2) is 7.44. The zero-order valence-corrected chi connectivity index (χ0v) is 20.9. The van der Waals surface area contributed by atoms with Gasteiger partial charge in [0.2, 0.25) is 6.41 Å². The smallest absolute Gasteiger partial charge is 0.207 e. The summed E-state index contributed by atoms with van der Waals surface area (Å²) in [7, 11) is 0. The number of piperidine rings is 1. The third kappa shape index (κ3) is 2.90. The van der Waals surface area contributed by atoms with Crippen LogP contribution < -0.4 is 10.6 Å². The quantitative estimate of drug-likeness (QED) is 0.584. The number of nitrogens with one attached hydrogen (secondary N) is 2. The fourth-order valence-corrected chi connectivity index (χ4v) is 10.7. The second-order valence-electron chi connectivity index (χ2n) is 13.6. The van der Waals surface area contributed by atoms with Crippen LogP contribution in [0.1, 0.15) is 91.9 Å². The highest BCUT2D eigenvalue weighted by atomic mass is 16.5. The van der Waals surface area contributed by atoms with E-state index in [1.807, 2.05) is 0 Å². The van der Waals surface area contributed by atoms with Crippen molar-refractivity contribution in [3.05, 3.63) is 0 Å². The molecule has 6 aliphatic rings. The topological polar surface area (TPSA) is 50.4 Å². The number of hydrogen-bond acceptors (Lipinski definition) is 3. The van der Waals surface area contributed by atoms with E-state index in [2.05, 4.69) is 38.3 Å². The SMILES string of the molecule is C[C@H]1CC[C@]2(NC1)O[C@H]1C[C@H]3[C@@H]4CC[C@H]5C[C@@H](NC=O)CC[C@]5(C)[C@H]4CC[C@]3(C)[C@H]1[C@@H]2C. The summed E-state index contributed by atoms with van der Waals surface area (Å²) in [4.78, 5) is 11.0. The van der Waals surface area contributed by atoms with Crippen LogP contribution in [0.5, 0.6) is 0 Å². The van der Waals surface area contributed by atoms with E-state index in [1.54, 1.807) is 0 Å². The molecule has 4 aliphatic carbocycles. The average molecular weight is 443 g/mol. The van der Waals surface area contributed by atoms with Gasteiger partial charge in [-0.05, 0) is 111 Å². The number of amides is 1. The van der Waals surface area contributed by atoms with E-state index in [-0.39, 0.29) is 5.72 Å². The van der Waals surface area contributed by atoms with Gasteiger partial charge in [-0.2, -0.15) is 0 Å². The molecule has 2 heterocycles. The minimum absolute atomic E-state index is 0.0414. The molecule has 4 heteroatoms. The summed E-state index contributed by atoms with van der Waals surface area (Å²) in [5.74, 6) is 5.56. The summed E-state index contributed by atoms with van der Waals surface area (Å²) in [6, 6.07) is 0.415. The summed E-state index contributed by atoms with van der Waals surface area (Å²) in [5.41, 5.74) is 0.900. The van der Waals surface area contributed by atoms with Crippen molar-refractivity contribution in [2.75, 3.05) is 6.54 Å². The van der Waals surface area contributed by atoms with Crippen LogP contribution >= 0.6 is 0 Å². The molecular formula is C28H46N2O2. The molecule has 1 spiro atoms. The number of hydrogen-bond donors (Lipinski definition) is 2. The molecule has 0 bridgehead atoms. The Morgan fingerprint density at radius 1 is 0.938 bits per heavy atom. The molecule has 0 unspecified atom stereocenters. The third-order valence-electron chi connectivity index (χ3n) is 12.4. The lowest BCUT2D eigenvalue weighted by Gasteiger charge is -2.61. The van der Waals surface area contributed by atoms with Crippen LogP contribution in [0.2, 0.25) is 0 Å². The maximum absolute atomic E-state index is 11.0. The van der Waals surface area contributed by atoms with E-state index in [0.717, 1.165) is 48.5 Å². The first kappa shape index (κ1) is 21.9. The van der Waals surface area contributed by atoms with Crippen LogP contribution in [0, 0.1) is 52.3 Å². The number of carbonyl (C=O) groups is 1. The van der Waals surface area contributed by atoms with Gasteiger partial charge < -0.3 is 10.1 Å². The fraction of sp³-hybridized carbons (Fsp3) is 0.964. The Hall–Kier alpha value is -0.610. The minimum Gasteiger partial charge on any atom is -0.357 e. The van der Waals surface area contributed by atoms with Crippen molar-refractivity contribution >= 4 is 6.41 Å². The van der Waals surface area contributed by atoms with Crippen LogP contribution in [0.3, 0.4) is 0 Å². The Morgan fingerprint density at radius 3 is 2.50 bits per heavy atom. The van der Waals surface area contributed by atoms with E-state index in [1.165, 1.54) is 64.2 Å². The van der Waals surface area contributed by atoms with Crippen LogP contribution in [-0.2, 0) is 9.53 Å². The Labute approximate surface area is 195 Å². The van der Waals surface area contributed by atoms with Crippen molar-refractivity contribution in [3.8, 4) is 0 Å². The zero-order valence-electron chi connectivity index (χ0n) is 20.9. The molecule has 32 heavy (non-hydrogen) atoms. The molecule has 2 N–H and O–H groups in total. The van der Waals surface area contributed by atoms with Gasteiger partial charge >= 0.3 is 0 Å². The highest BCUT2D eigenvalue weighted by Gasteiger charge is 2.68. The molecule has 0 aromatic heterocycles. The molecule has 4 nitrogen and oxygen atoms in total. The first-order valence-corrected chi connectivity index (χ1v) is 13.9. The lowest BCUT2D eigenvalue weighted by Crippen LogP contribution is -2.58. The number of carbonyl (C=O) groups excluding carboxylic acids is 1. The molecule has 4 saturated carbocycles.